The maximum Gasteiger partial charge on any atom is 0.0206 e. The lowest BCUT2D eigenvalue weighted by atomic mass is 9.80. The number of hydrogen-bond acceptors (Lipinski definition) is 0. The molecular weight excluding hydrogens is 252 g/mol. The fourth-order valence-corrected chi connectivity index (χ4v) is 3.38. The van der Waals surface area contributed by atoms with E-state index in [1.807, 2.05) is 0 Å². The van der Waals surface area contributed by atoms with Gasteiger partial charge in [-0.25, -0.2) is 0 Å². The minimum Gasteiger partial charge on any atom is -0.0590 e. The van der Waals surface area contributed by atoms with Crippen LogP contribution in [-0.2, 0) is 10.8 Å². The monoisotopic (exact) mass is 278 g/mol. The second-order valence-electron chi connectivity index (χ2n) is 7.73. The van der Waals surface area contributed by atoms with Gasteiger partial charge in [-0.1, -0.05) is 68.8 Å². The summed E-state index contributed by atoms with van der Waals surface area (Å²) < 4.78 is 0. The van der Waals surface area contributed by atoms with Crippen LogP contribution in [0.5, 0.6) is 0 Å². The summed E-state index contributed by atoms with van der Waals surface area (Å²) in [4.78, 5) is 0. The topological polar surface area (TPSA) is 0 Å². The quantitative estimate of drug-likeness (QED) is 0.663. The van der Waals surface area contributed by atoms with Gasteiger partial charge in [0.15, 0.2) is 0 Å². The molecule has 0 bridgehead atoms. The maximum absolute atomic E-state index is 2.39. The van der Waals surface area contributed by atoms with Crippen LogP contribution in [0.2, 0.25) is 0 Å². The lowest BCUT2D eigenvalue weighted by Gasteiger charge is -2.24. The average molecular weight is 278 g/mol. The van der Waals surface area contributed by atoms with Crippen molar-refractivity contribution in [1.82, 2.24) is 0 Å². The lowest BCUT2D eigenvalue weighted by Crippen LogP contribution is -2.15. The van der Waals surface area contributed by atoms with Crippen LogP contribution in [-0.4, -0.2) is 0 Å². The van der Waals surface area contributed by atoms with Gasteiger partial charge in [-0.2, -0.15) is 0 Å². The molecule has 2 aromatic rings. The molecule has 0 heteroatoms. The Kier molecular flexibility index (Phi) is 3.24. The first kappa shape index (κ1) is 14.4. The average Bonchev–Trinajstić information content (AvgIpc) is 3.20. The van der Waals surface area contributed by atoms with Gasteiger partial charge in [-0.05, 0) is 54.4 Å². The second kappa shape index (κ2) is 4.73. The molecule has 0 unspecified atom stereocenters. The van der Waals surface area contributed by atoms with E-state index in [4.69, 9.17) is 0 Å². The van der Waals surface area contributed by atoms with Gasteiger partial charge in [0, 0.05) is 5.41 Å². The van der Waals surface area contributed by atoms with E-state index >= 15 is 0 Å². The Balaban J connectivity index is 2.02. The maximum atomic E-state index is 2.39. The Bertz CT molecular complexity index is 649. The predicted octanol–water partition coefficient (Wildman–Crippen LogP) is 5.68. The van der Waals surface area contributed by atoms with Gasteiger partial charge < -0.3 is 0 Å². The lowest BCUT2D eigenvalue weighted by molar-refractivity contribution is 0.589. The van der Waals surface area contributed by atoms with E-state index in [2.05, 4.69) is 77.1 Å². The molecule has 21 heavy (non-hydrogen) atoms. The summed E-state index contributed by atoms with van der Waals surface area (Å²) >= 11 is 0. The highest BCUT2D eigenvalue weighted by Crippen LogP contribution is 2.54. The molecule has 1 aliphatic rings. The summed E-state index contributed by atoms with van der Waals surface area (Å²) in [5.74, 6) is 0. The van der Waals surface area contributed by atoms with Crippen molar-refractivity contribution in [2.75, 3.05) is 0 Å². The van der Waals surface area contributed by atoms with Gasteiger partial charge in [0.1, 0.15) is 0 Å². The van der Waals surface area contributed by atoms with E-state index in [-0.39, 0.29) is 10.8 Å². The molecule has 0 saturated heterocycles. The molecule has 0 aliphatic heterocycles. The van der Waals surface area contributed by atoms with E-state index in [1.165, 1.54) is 40.7 Å². The zero-order valence-electron chi connectivity index (χ0n) is 14.0. The minimum atomic E-state index is 0.226. The van der Waals surface area contributed by atoms with E-state index in [9.17, 15) is 0 Å². The normalized spacial score (nSPS) is 16.8. The first-order chi connectivity index (χ1) is 9.83. The molecule has 0 nitrogen and oxygen atoms in total. The van der Waals surface area contributed by atoms with Crippen molar-refractivity contribution in [2.45, 2.75) is 58.3 Å². The van der Waals surface area contributed by atoms with E-state index in [1.54, 1.807) is 0 Å². The largest absolute Gasteiger partial charge is 0.0590 e. The summed E-state index contributed by atoms with van der Waals surface area (Å²) in [6.07, 6.45) is 2.57. The molecule has 1 fully saturated rings. The van der Waals surface area contributed by atoms with Gasteiger partial charge in [-0.15, -0.1) is 0 Å². The molecule has 0 heterocycles. The molecule has 3 rings (SSSR count). The molecular formula is C21H26. The SMILES string of the molecule is Cc1ccc(C2(c3ccc(C(C)(C)C)cc3C)CC2)cc1. The van der Waals surface area contributed by atoms with Gasteiger partial charge in [0.05, 0.1) is 0 Å². The van der Waals surface area contributed by atoms with Crippen molar-refractivity contribution in [3.05, 3.63) is 70.3 Å². The van der Waals surface area contributed by atoms with Crippen LogP contribution in [0.3, 0.4) is 0 Å². The number of hydrogen-bond donors (Lipinski definition) is 0. The third kappa shape index (κ3) is 2.52. The zero-order chi connectivity index (χ0) is 15.3. The molecule has 0 amide bonds. The van der Waals surface area contributed by atoms with Gasteiger partial charge in [0.2, 0.25) is 0 Å². The summed E-state index contributed by atoms with van der Waals surface area (Å²) in [7, 11) is 0. The fourth-order valence-electron chi connectivity index (χ4n) is 3.38. The highest BCUT2D eigenvalue weighted by molar-refractivity contribution is 5.50. The third-order valence-corrected chi connectivity index (χ3v) is 4.96. The Morgan fingerprint density at radius 2 is 1.48 bits per heavy atom. The van der Waals surface area contributed by atoms with Crippen LogP contribution in [0.4, 0.5) is 0 Å². The summed E-state index contributed by atoms with van der Waals surface area (Å²) in [6.45, 7) is 11.3. The molecule has 1 saturated carbocycles. The summed E-state index contributed by atoms with van der Waals surface area (Å²) in [6, 6.07) is 16.2. The number of rotatable bonds is 2. The Morgan fingerprint density at radius 1 is 0.857 bits per heavy atom. The van der Waals surface area contributed by atoms with Crippen LogP contribution in [0, 0.1) is 13.8 Å². The Hall–Kier alpha value is -1.56. The van der Waals surface area contributed by atoms with Crippen molar-refractivity contribution in [1.29, 1.82) is 0 Å². The van der Waals surface area contributed by atoms with Crippen molar-refractivity contribution >= 4 is 0 Å². The predicted molar refractivity (Wildman–Crippen MR) is 91.1 cm³/mol. The standard InChI is InChI=1S/C21H26/c1-15-6-8-17(9-7-15)21(12-13-21)19-11-10-18(14-16(19)2)20(3,4)5/h6-11,14H,12-13H2,1-5H3. The van der Waals surface area contributed by atoms with E-state index < -0.39 is 0 Å². The molecule has 2 aromatic carbocycles. The second-order valence-corrected chi connectivity index (χ2v) is 7.73. The third-order valence-electron chi connectivity index (χ3n) is 4.96. The van der Waals surface area contributed by atoms with Crippen LogP contribution in [0.15, 0.2) is 42.5 Å². The molecule has 0 atom stereocenters. The molecule has 0 N–H and O–H groups in total. The molecule has 0 radical (unpaired) electrons. The van der Waals surface area contributed by atoms with E-state index in [0.29, 0.717) is 0 Å². The molecule has 110 valence electrons. The fraction of sp³-hybridized carbons (Fsp3) is 0.429. The van der Waals surface area contributed by atoms with Gasteiger partial charge in [0.25, 0.3) is 0 Å². The zero-order valence-corrected chi connectivity index (χ0v) is 14.0. The van der Waals surface area contributed by atoms with Gasteiger partial charge >= 0.3 is 0 Å². The summed E-state index contributed by atoms with van der Waals surface area (Å²) in [5.41, 5.74) is 7.75. The van der Waals surface area contributed by atoms with Crippen LogP contribution in [0.1, 0.15) is 61.4 Å². The molecule has 0 spiro atoms. The van der Waals surface area contributed by atoms with Crippen molar-refractivity contribution < 1.29 is 0 Å². The van der Waals surface area contributed by atoms with Crippen LogP contribution < -0.4 is 0 Å². The Labute approximate surface area is 129 Å². The number of benzene rings is 2. The molecule has 0 aromatic heterocycles. The highest BCUT2D eigenvalue weighted by atomic mass is 14.5. The number of aryl methyl sites for hydroxylation is 2. The first-order valence-corrected chi connectivity index (χ1v) is 8.02. The highest BCUT2D eigenvalue weighted by Gasteiger charge is 2.46. The smallest absolute Gasteiger partial charge is 0.0206 e. The molecule has 1 aliphatic carbocycles. The first-order valence-electron chi connectivity index (χ1n) is 8.02. The van der Waals surface area contributed by atoms with Crippen molar-refractivity contribution in [3.63, 3.8) is 0 Å². The minimum absolute atomic E-state index is 0.226. The van der Waals surface area contributed by atoms with Gasteiger partial charge in [-0.3, -0.25) is 0 Å². The van der Waals surface area contributed by atoms with E-state index in [0.717, 1.165) is 0 Å². The van der Waals surface area contributed by atoms with Crippen molar-refractivity contribution in [2.24, 2.45) is 0 Å². The Morgan fingerprint density at radius 3 is 1.95 bits per heavy atom. The van der Waals surface area contributed by atoms with Crippen LogP contribution in [0.25, 0.3) is 0 Å². The summed E-state index contributed by atoms with van der Waals surface area (Å²) in [5, 5.41) is 0. The van der Waals surface area contributed by atoms with Crippen LogP contribution >= 0.6 is 0 Å². The van der Waals surface area contributed by atoms with Crippen molar-refractivity contribution in [3.8, 4) is 0 Å².